The number of hydrogen-bond donors (Lipinski definition) is 6. The van der Waals surface area contributed by atoms with Gasteiger partial charge < -0.3 is 49.8 Å². The zero-order valence-electron chi connectivity index (χ0n) is 18.0. The quantitative estimate of drug-likeness (QED) is 0.0895. The molecular weight excluding hydrogens is 458 g/mol. The Morgan fingerprint density at radius 2 is 1.15 bits per heavy atom. The highest BCUT2D eigenvalue weighted by Gasteiger charge is 2.40. The van der Waals surface area contributed by atoms with E-state index >= 15 is 0 Å². The number of carbonyl (C=O) groups excluding carboxylic acids is 2. The average molecular weight is 485 g/mol. The summed E-state index contributed by atoms with van der Waals surface area (Å²) in [6, 6.07) is 0. The highest BCUT2D eigenvalue weighted by atomic mass is 16.5. The van der Waals surface area contributed by atoms with Gasteiger partial charge in [0, 0.05) is 0 Å². The maximum Gasteiger partial charge on any atom is 0.336 e. The van der Waals surface area contributed by atoms with Gasteiger partial charge in [0.2, 0.25) is 0 Å². The summed E-state index contributed by atoms with van der Waals surface area (Å²) in [5, 5.41) is 59.2. The molecule has 0 radical (unpaired) electrons. The number of rotatable bonds is 12. The van der Waals surface area contributed by atoms with Gasteiger partial charge in [0.15, 0.2) is 5.60 Å². The van der Waals surface area contributed by atoms with Crippen LogP contribution in [0.5, 0.6) is 0 Å². The molecular formula is C17H27NO15. The fraction of sp³-hybridized carbons (Fsp3) is 0.588. The van der Waals surface area contributed by atoms with Gasteiger partial charge in [-0.3, -0.25) is 24.0 Å². The summed E-state index contributed by atoms with van der Waals surface area (Å²) in [5.41, 5.74) is -2.74. The van der Waals surface area contributed by atoms with E-state index < -0.39 is 73.1 Å². The van der Waals surface area contributed by atoms with Crippen molar-refractivity contribution in [1.82, 2.24) is 0 Å². The maximum absolute atomic E-state index is 10.7. The molecule has 6 N–H and O–H groups in total. The van der Waals surface area contributed by atoms with Gasteiger partial charge >= 0.3 is 35.8 Å². The number of nitrogens with zero attached hydrogens (tertiary/aromatic N) is 1. The largest absolute Gasteiger partial charge is 0.550 e. The summed E-state index contributed by atoms with van der Waals surface area (Å²) in [5.74, 6) is -9.79. The Hall–Kier alpha value is -3.79. The summed E-state index contributed by atoms with van der Waals surface area (Å²) in [6.07, 6.45) is -3.76. The molecule has 0 aromatic heterocycles. The van der Waals surface area contributed by atoms with Crippen molar-refractivity contribution in [2.45, 2.75) is 31.3 Å². The molecule has 0 rings (SSSR count). The van der Waals surface area contributed by atoms with Crippen LogP contribution in [0.25, 0.3) is 0 Å². The van der Waals surface area contributed by atoms with Crippen molar-refractivity contribution in [1.29, 1.82) is 0 Å². The summed E-state index contributed by atoms with van der Waals surface area (Å²) in [4.78, 5) is 70.0. The lowest BCUT2D eigenvalue weighted by Gasteiger charge is -2.23. The zero-order valence-corrected chi connectivity index (χ0v) is 18.0. The molecule has 16 nitrogen and oxygen atoms in total. The lowest BCUT2D eigenvalue weighted by Crippen LogP contribution is -2.42. The molecule has 0 saturated heterocycles. The van der Waals surface area contributed by atoms with Crippen molar-refractivity contribution in [3.63, 3.8) is 0 Å². The maximum atomic E-state index is 10.7. The highest BCUT2D eigenvalue weighted by Crippen LogP contribution is 2.15. The monoisotopic (exact) mass is 485 g/mol. The van der Waals surface area contributed by atoms with E-state index in [0.717, 1.165) is 0 Å². The SMILES string of the molecule is C[N+](C)(C)CCOC(=O)CC(=O)[O-].O=C(O)CC(=O)O.O=C(O)CC(O)(CC(=O)O)C(=O)O. The first-order valence-electron chi connectivity index (χ1n) is 8.70. The minimum atomic E-state index is -2.74. The molecule has 0 heterocycles. The van der Waals surface area contributed by atoms with Gasteiger partial charge in [-0.15, -0.1) is 0 Å². The topological polar surface area (TPSA) is 273 Å². The van der Waals surface area contributed by atoms with Crippen molar-refractivity contribution >= 4 is 41.8 Å². The lowest BCUT2D eigenvalue weighted by atomic mass is 9.96. The van der Waals surface area contributed by atoms with Gasteiger partial charge in [-0.2, -0.15) is 0 Å². The molecule has 0 atom stereocenters. The van der Waals surface area contributed by atoms with E-state index in [-0.39, 0.29) is 6.61 Å². The van der Waals surface area contributed by atoms with E-state index in [1.165, 1.54) is 0 Å². The van der Waals surface area contributed by atoms with Crippen LogP contribution in [-0.2, 0) is 38.3 Å². The number of likely N-dealkylation sites (N-methyl/N-ethyl adjacent to an activating group) is 1. The van der Waals surface area contributed by atoms with E-state index in [2.05, 4.69) is 4.74 Å². The van der Waals surface area contributed by atoms with Crippen LogP contribution in [-0.4, -0.2) is 117 Å². The standard InChI is InChI=1S/C8H15NO4.C6H8O7.C3H4O4/c1-9(2,3)4-5-13-8(12)6-7(10)11;7-3(8)1-6(13,5(11)12)2-4(9)10;4-2(5)1-3(6)7/h4-6H2,1-3H3;13H,1-2H2,(H,7,8)(H,9,10)(H,11,12);1H2,(H,4,5)(H,6,7). The molecule has 190 valence electrons. The second-order valence-corrected chi connectivity index (χ2v) is 7.23. The fourth-order valence-electron chi connectivity index (χ4n) is 1.45. The Bertz CT molecular complexity index is 694. The number of aliphatic carboxylic acids is 6. The molecule has 0 fully saturated rings. The van der Waals surface area contributed by atoms with Gasteiger partial charge in [-0.25, -0.2) is 4.79 Å². The third-order valence-corrected chi connectivity index (χ3v) is 2.90. The number of carbonyl (C=O) groups is 7. The number of hydrogen-bond acceptors (Lipinski definition) is 10. The first-order valence-corrected chi connectivity index (χ1v) is 8.70. The summed E-state index contributed by atoms with van der Waals surface area (Å²) in [6.45, 7) is 0.883. The number of carboxylic acid groups (broad SMARTS) is 6. The molecule has 0 bridgehead atoms. The minimum absolute atomic E-state index is 0.232. The van der Waals surface area contributed by atoms with Crippen LogP contribution in [0.3, 0.4) is 0 Å². The third kappa shape index (κ3) is 26.2. The van der Waals surface area contributed by atoms with Crippen molar-refractivity contribution < 1.29 is 78.5 Å². The third-order valence-electron chi connectivity index (χ3n) is 2.90. The van der Waals surface area contributed by atoms with Crippen LogP contribution in [0.4, 0.5) is 0 Å². The summed E-state index contributed by atoms with van der Waals surface area (Å²) < 4.78 is 5.32. The van der Waals surface area contributed by atoms with Gasteiger partial charge in [0.25, 0.3) is 0 Å². The number of esters is 1. The first-order chi connectivity index (χ1) is 14.7. The van der Waals surface area contributed by atoms with Crippen molar-refractivity contribution in [3.8, 4) is 0 Å². The normalized spacial score (nSPS) is 10.3. The van der Waals surface area contributed by atoms with Crippen LogP contribution in [0.1, 0.15) is 25.7 Å². The highest BCUT2D eigenvalue weighted by molar-refractivity contribution is 5.89. The van der Waals surface area contributed by atoms with E-state index in [1.54, 1.807) is 0 Å². The summed E-state index contributed by atoms with van der Waals surface area (Å²) >= 11 is 0. The molecule has 16 heteroatoms. The predicted octanol–water partition coefficient (Wildman–Crippen LogP) is -3.33. The molecule has 0 unspecified atom stereocenters. The number of carboxylic acids is 6. The predicted molar refractivity (Wildman–Crippen MR) is 100 cm³/mol. The molecule has 0 aliphatic heterocycles. The van der Waals surface area contributed by atoms with Crippen molar-refractivity contribution in [3.05, 3.63) is 0 Å². The van der Waals surface area contributed by atoms with E-state index in [4.69, 9.17) is 30.6 Å². The molecule has 0 aliphatic rings. The Labute approximate surface area is 186 Å². The molecule has 0 aliphatic carbocycles. The Balaban J connectivity index is -0.000000429. The molecule has 0 spiro atoms. The smallest absolute Gasteiger partial charge is 0.336 e. The van der Waals surface area contributed by atoms with Crippen LogP contribution >= 0.6 is 0 Å². The van der Waals surface area contributed by atoms with E-state index in [0.29, 0.717) is 11.0 Å². The molecule has 0 saturated carbocycles. The molecule has 0 amide bonds. The van der Waals surface area contributed by atoms with Crippen LogP contribution in [0, 0.1) is 0 Å². The fourth-order valence-corrected chi connectivity index (χ4v) is 1.45. The number of aliphatic hydroxyl groups is 1. The summed E-state index contributed by atoms with van der Waals surface area (Å²) in [7, 11) is 5.85. The first kappa shape index (κ1) is 33.8. The minimum Gasteiger partial charge on any atom is -0.550 e. The van der Waals surface area contributed by atoms with Gasteiger partial charge in [0.1, 0.15) is 19.6 Å². The van der Waals surface area contributed by atoms with Crippen LogP contribution in [0.15, 0.2) is 0 Å². The molecule has 0 aromatic rings. The van der Waals surface area contributed by atoms with Crippen LogP contribution in [0.2, 0.25) is 0 Å². The second-order valence-electron chi connectivity index (χ2n) is 7.23. The average Bonchev–Trinajstić information content (AvgIpc) is 2.50. The Morgan fingerprint density at radius 3 is 1.36 bits per heavy atom. The number of ether oxygens (including phenoxy) is 1. The molecule has 33 heavy (non-hydrogen) atoms. The number of quaternary nitrogens is 1. The van der Waals surface area contributed by atoms with Gasteiger partial charge in [0.05, 0.1) is 46.4 Å². The van der Waals surface area contributed by atoms with Crippen molar-refractivity contribution in [2.24, 2.45) is 0 Å². The van der Waals surface area contributed by atoms with E-state index in [1.807, 2.05) is 21.1 Å². The Kier molecular flexibility index (Phi) is 16.3. The lowest BCUT2D eigenvalue weighted by molar-refractivity contribution is -0.870. The zero-order chi connectivity index (χ0) is 27.0. The molecule has 0 aromatic carbocycles. The Morgan fingerprint density at radius 1 is 0.758 bits per heavy atom. The van der Waals surface area contributed by atoms with Gasteiger partial charge in [-0.05, 0) is 0 Å². The van der Waals surface area contributed by atoms with Crippen LogP contribution < -0.4 is 5.11 Å². The second kappa shape index (κ2) is 15.9. The van der Waals surface area contributed by atoms with E-state index in [9.17, 15) is 38.7 Å². The van der Waals surface area contributed by atoms with Crippen molar-refractivity contribution in [2.75, 3.05) is 34.3 Å². The van der Waals surface area contributed by atoms with Gasteiger partial charge in [-0.1, -0.05) is 0 Å².